The molecule has 2 rings (SSSR count). The van der Waals surface area contributed by atoms with Crippen LogP contribution in [-0.4, -0.2) is 47.7 Å². The van der Waals surface area contributed by atoms with E-state index in [0.29, 0.717) is 24.5 Å². The molecule has 1 aliphatic rings. The van der Waals surface area contributed by atoms with Crippen molar-refractivity contribution in [1.82, 2.24) is 10.1 Å². The summed E-state index contributed by atoms with van der Waals surface area (Å²) in [6.07, 6.45) is 2.31. The zero-order valence-corrected chi connectivity index (χ0v) is 14.9. The molecule has 7 nitrogen and oxygen atoms in total. The Kier molecular flexibility index (Phi) is 5.99. The van der Waals surface area contributed by atoms with Crippen LogP contribution >= 0.6 is 0 Å². The van der Waals surface area contributed by atoms with Crippen molar-refractivity contribution in [3.05, 3.63) is 11.8 Å². The molecule has 7 heteroatoms. The molecule has 0 aliphatic carbocycles. The van der Waals surface area contributed by atoms with Gasteiger partial charge in [0.15, 0.2) is 5.82 Å². The molecule has 1 saturated heterocycles. The quantitative estimate of drug-likeness (QED) is 0.861. The number of carbonyl (C=O) groups is 2. The van der Waals surface area contributed by atoms with Gasteiger partial charge < -0.3 is 19.5 Å². The third-order valence-corrected chi connectivity index (χ3v) is 3.71. The highest BCUT2D eigenvalue weighted by Crippen LogP contribution is 2.21. The molecule has 2 heterocycles. The SMILES string of the molecule is Cc1cc(NC(=O)CN(CC2CCCO2)C(=O)CC(C)(C)C)no1. The highest BCUT2D eigenvalue weighted by atomic mass is 16.5. The van der Waals surface area contributed by atoms with E-state index < -0.39 is 0 Å². The van der Waals surface area contributed by atoms with Crippen LogP contribution in [0.25, 0.3) is 0 Å². The van der Waals surface area contributed by atoms with Gasteiger partial charge in [0.25, 0.3) is 0 Å². The van der Waals surface area contributed by atoms with Gasteiger partial charge in [0.05, 0.1) is 12.6 Å². The van der Waals surface area contributed by atoms with Crippen LogP contribution < -0.4 is 5.32 Å². The first-order chi connectivity index (χ1) is 11.2. The molecule has 1 fully saturated rings. The lowest BCUT2D eigenvalue weighted by atomic mass is 9.91. The summed E-state index contributed by atoms with van der Waals surface area (Å²) in [5.41, 5.74) is -0.133. The van der Waals surface area contributed by atoms with E-state index in [2.05, 4.69) is 10.5 Å². The monoisotopic (exact) mass is 337 g/mol. The number of nitrogens with zero attached hydrogens (tertiary/aromatic N) is 2. The van der Waals surface area contributed by atoms with E-state index >= 15 is 0 Å². The second kappa shape index (κ2) is 7.79. The Labute approximate surface area is 142 Å². The molecule has 2 amide bonds. The fraction of sp³-hybridized carbons (Fsp3) is 0.706. The van der Waals surface area contributed by atoms with E-state index in [1.807, 2.05) is 20.8 Å². The van der Waals surface area contributed by atoms with Crippen molar-refractivity contribution in [2.24, 2.45) is 5.41 Å². The van der Waals surface area contributed by atoms with Gasteiger partial charge in [-0.2, -0.15) is 0 Å². The Morgan fingerprint density at radius 3 is 2.71 bits per heavy atom. The van der Waals surface area contributed by atoms with Crippen molar-refractivity contribution in [2.75, 3.05) is 25.0 Å². The second-order valence-corrected chi connectivity index (χ2v) is 7.52. The lowest BCUT2D eigenvalue weighted by Gasteiger charge is -2.28. The molecule has 0 spiro atoms. The fourth-order valence-corrected chi connectivity index (χ4v) is 2.64. The first-order valence-corrected chi connectivity index (χ1v) is 8.35. The first-order valence-electron chi connectivity index (χ1n) is 8.35. The van der Waals surface area contributed by atoms with E-state index in [0.717, 1.165) is 19.4 Å². The number of carbonyl (C=O) groups excluding carboxylic acids is 2. The number of hydrogen-bond acceptors (Lipinski definition) is 5. The molecular weight excluding hydrogens is 310 g/mol. The summed E-state index contributed by atoms with van der Waals surface area (Å²) in [7, 11) is 0. The van der Waals surface area contributed by atoms with E-state index in [9.17, 15) is 9.59 Å². The highest BCUT2D eigenvalue weighted by molar-refractivity contribution is 5.93. The zero-order valence-electron chi connectivity index (χ0n) is 14.9. The summed E-state index contributed by atoms with van der Waals surface area (Å²) in [5, 5.41) is 6.39. The predicted molar refractivity (Wildman–Crippen MR) is 89.5 cm³/mol. The minimum absolute atomic E-state index is 0.0102. The molecule has 24 heavy (non-hydrogen) atoms. The Balaban J connectivity index is 1.97. The number of rotatable bonds is 6. The fourth-order valence-electron chi connectivity index (χ4n) is 2.64. The minimum Gasteiger partial charge on any atom is -0.376 e. The van der Waals surface area contributed by atoms with E-state index in [1.165, 1.54) is 0 Å². The van der Waals surface area contributed by atoms with Crippen LogP contribution in [0.4, 0.5) is 5.82 Å². The van der Waals surface area contributed by atoms with E-state index in [4.69, 9.17) is 9.26 Å². The van der Waals surface area contributed by atoms with Gasteiger partial charge >= 0.3 is 0 Å². The molecule has 1 unspecified atom stereocenters. The average molecular weight is 337 g/mol. The van der Waals surface area contributed by atoms with Gasteiger partial charge in [0.2, 0.25) is 11.8 Å². The number of aromatic nitrogens is 1. The van der Waals surface area contributed by atoms with Gasteiger partial charge in [-0.05, 0) is 25.2 Å². The topological polar surface area (TPSA) is 84.7 Å². The Hall–Kier alpha value is -1.89. The van der Waals surface area contributed by atoms with Crippen molar-refractivity contribution in [3.8, 4) is 0 Å². The summed E-state index contributed by atoms with van der Waals surface area (Å²) in [6, 6.07) is 1.64. The van der Waals surface area contributed by atoms with Gasteiger partial charge in [0, 0.05) is 25.6 Å². The summed E-state index contributed by atoms with van der Waals surface area (Å²) in [4.78, 5) is 26.4. The lowest BCUT2D eigenvalue weighted by molar-refractivity contribution is -0.137. The zero-order chi connectivity index (χ0) is 17.7. The predicted octanol–water partition coefficient (Wildman–Crippen LogP) is 2.37. The van der Waals surface area contributed by atoms with Crippen LogP contribution in [0.2, 0.25) is 0 Å². The molecule has 0 bridgehead atoms. The molecule has 1 aliphatic heterocycles. The molecule has 1 atom stereocenters. The van der Waals surface area contributed by atoms with Crippen LogP contribution in [0.5, 0.6) is 0 Å². The molecule has 1 aromatic rings. The van der Waals surface area contributed by atoms with Crippen molar-refractivity contribution < 1.29 is 18.8 Å². The smallest absolute Gasteiger partial charge is 0.245 e. The van der Waals surface area contributed by atoms with Gasteiger partial charge in [-0.25, -0.2) is 0 Å². The normalized spacial score (nSPS) is 17.8. The van der Waals surface area contributed by atoms with E-state index in [-0.39, 0.29) is 29.9 Å². The van der Waals surface area contributed by atoms with Gasteiger partial charge in [-0.3, -0.25) is 9.59 Å². The Morgan fingerprint density at radius 1 is 1.42 bits per heavy atom. The number of anilines is 1. The number of nitrogens with one attached hydrogen (secondary N) is 1. The summed E-state index contributed by atoms with van der Waals surface area (Å²) >= 11 is 0. The summed E-state index contributed by atoms with van der Waals surface area (Å²) in [6.45, 7) is 8.92. The van der Waals surface area contributed by atoms with Gasteiger partial charge in [0.1, 0.15) is 5.76 Å². The molecule has 1 N–H and O–H groups in total. The minimum atomic E-state index is -0.288. The average Bonchev–Trinajstić information content (AvgIpc) is 3.08. The number of amides is 2. The van der Waals surface area contributed by atoms with Crippen molar-refractivity contribution in [3.63, 3.8) is 0 Å². The van der Waals surface area contributed by atoms with Crippen LogP contribution in [0, 0.1) is 12.3 Å². The molecule has 1 aromatic heterocycles. The molecule has 134 valence electrons. The maximum Gasteiger partial charge on any atom is 0.245 e. The first kappa shape index (κ1) is 18.4. The van der Waals surface area contributed by atoms with Gasteiger partial charge in [-0.1, -0.05) is 25.9 Å². The van der Waals surface area contributed by atoms with Crippen molar-refractivity contribution in [1.29, 1.82) is 0 Å². The number of aryl methyl sites for hydroxylation is 1. The second-order valence-electron chi connectivity index (χ2n) is 7.52. The van der Waals surface area contributed by atoms with Crippen LogP contribution in [0.3, 0.4) is 0 Å². The van der Waals surface area contributed by atoms with Gasteiger partial charge in [-0.15, -0.1) is 0 Å². The molecule has 0 saturated carbocycles. The number of ether oxygens (including phenoxy) is 1. The number of hydrogen-bond donors (Lipinski definition) is 1. The third-order valence-electron chi connectivity index (χ3n) is 3.71. The Morgan fingerprint density at radius 2 is 2.17 bits per heavy atom. The standard InChI is InChI=1S/C17H27N3O4/c1-12-8-14(19-24-12)18-15(21)11-20(10-13-6-5-7-23-13)16(22)9-17(2,3)4/h8,13H,5-7,9-11H2,1-4H3,(H,18,19,21). The van der Waals surface area contributed by atoms with Crippen LogP contribution in [0.15, 0.2) is 10.6 Å². The maximum absolute atomic E-state index is 12.6. The van der Waals surface area contributed by atoms with Crippen molar-refractivity contribution >= 4 is 17.6 Å². The van der Waals surface area contributed by atoms with Crippen molar-refractivity contribution in [2.45, 2.75) is 53.1 Å². The highest BCUT2D eigenvalue weighted by Gasteiger charge is 2.27. The lowest BCUT2D eigenvalue weighted by Crippen LogP contribution is -2.43. The van der Waals surface area contributed by atoms with Crippen LogP contribution in [-0.2, 0) is 14.3 Å². The van der Waals surface area contributed by atoms with Crippen LogP contribution in [0.1, 0.15) is 45.8 Å². The summed E-state index contributed by atoms with van der Waals surface area (Å²) < 4.78 is 10.5. The maximum atomic E-state index is 12.6. The largest absolute Gasteiger partial charge is 0.376 e. The summed E-state index contributed by atoms with van der Waals surface area (Å²) in [5.74, 6) is 0.649. The van der Waals surface area contributed by atoms with E-state index in [1.54, 1.807) is 17.9 Å². The Bertz CT molecular complexity index is 571. The molecule has 0 aromatic carbocycles. The molecular formula is C17H27N3O4. The third kappa shape index (κ3) is 5.96. The molecule has 0 radical (unpaired) electrons.